The summed E-state index contributed by atoms with van der Waals surface area (Å²) in [7, 11) is 0. The van der Waals surface area contributed by atoms with Crippen molar-refractivity contribution in [2.75, 3.05) is 0 Å². The zero-order valence-corrected chi connectivity index (χ0v) is 8.13. The molecule has 0 atom stereocenters. The Morgan fingerprint density at radius 2 is 1.75 bits per heavy atom. The predicted molar refractivity (Wildman–Crippen MR) is 53.9 cm³/mol. The van der Waals surface area contributed by atoms with Crippen LogP contribution in [0.4, 0.5) is 4.39 Å². The van der Waals surface area contributed by atoms with Crippen LogP contribution >= 0.6 is 0 Å². The first-order valence-electron chi connectivity index (χ1n) is 4.48. The smallest absolute Gasteiger partial charge is 0.321 e. The second-order valence-electron chi connectivity index (χ2n) is 2.97. The maximum Gasteiger partial charge on any atom is 0.321 e. The molecule has 1 aromatic heterocycles. The standard InChI is InChI=1S/C11H7FN2O2/c12-9-1-3-10(4-2-9)16-11-13-5-8(7-15)6-14-11/h1-7H. The van der Waals surface area contributed by atoms with Gasteiger partial charge in [0.25, 0.3) is 0 Å². The van der Waals surface area contributed by atoms with Crippen LogP contribution in [-0.4, -0.2) is 16.3 Å². The molecular formula is C11H7FN2O2. The molecule has 0 unspecified atom stereocenters. The summed E-state index contributed by atoms with van der Waals surface area (Å²) in [6.45, 7) is 0. The van der Waals surface area contributed by atoms with Crippen LogP contribution in [0, 0.1) is 5.82 Å². The highest BCUT2D eigenvalue weighted by Crippen LogP contribution is 2.17. The maximum atomic E-state index is 12.6. The highest BCUT2D eigenvalue weighted by Gasteiger charge is 2.00. The van der Waals surface area contributed by atoms with Gasteiger partial charge in [0.1, 0.15) is 11.6 Å². The Hall–Kier alpha value is -2.30. The molecule has 0 radical (unpaired) electrons. The Morgan fingerprint density at radius 1 is 1.12 bits per heavy atom. The zero-order valence-electron chi connectivity index (χ0n) is 8.13. The molecule has 0 bridgehead atoms. The summed E-state index contributed by atoms with van der Waals surface area (Å²) in [4.78, 5) is 18.0. The lowest BCUT2D eigenvalue weighted by molar-refractivity contribution is 0.112. The molecule has 2 aromatic rings. The van der Waals surface area contributed by atoms with Crippen molar-refractivity contribution in [1.82, 2.24) is 9.97 Å². The van der Waals surface area contributed by atoms with Crippen molar-refractivity contribution in [3.05, 3.63) is 48.0 Å². The van der Waals surface area contributed by atoms with Crippen LogP contribution in [0.3, 0.4) is 0 Å². The molecular weight excluding hydrogens is 211 g/mol. The first-order valence-corrected chi connectivity index (χ1v) is 4.48. The van der Waals surface area contributed by atoms with Gasteiger partial charge in [0, 0.05) is 12.4 Å². The zero-order chi connectivity index (χ0) is 11.4. The molecule has 2 rings (SSSR count). The number of aldehydes is 1. The fraction of sp³-hybridized carbons (Fsp3) is 0. The highest BCUT2D eigenvalue weighted by atomic mass is 19.1. The lowest BCUT2D eigenvalue weighted by atomic mass is 10.3. The van der Waals surface area contributed by atoms with E-state index in [4.69, 9.17) is 4.74 Å². The molecule has 4 nitrogen and oxygen atoms in total. The molecule has 0 spiro atoms. The van der Waals surface area contributed by atoms with Gasteiger partial charge in [-0.3, -0.25) is 4.79 Å². The molecule has 5 heteroatoms. The Balaban J connectivity index is 2.14. The summed E-state index contributed by atoms with van der Waals surface area (Å²) in [5.41, 5.74) is 0.367. The Morgan fingerprint density at radius 3 is 2.31 bits per heavy atom. The molecule has 0 amide bonds. The van der Waals surface area contributed by atoms with Gasteiger partial charge in [0.2, 0.25) is 0 Å². The van der Waals surface area contributed by atoms with Gasteiger partial charge < -0.3 is 4.74 Å². The Bertz CT molecular complexity index is 482. The van der Waals surface area contributed by atoms with Crippen LogP contribution in [0.2, 0.25) is 0 Å². The summed E-state index contributed by atoms with van der Waals surface area (Å²) >= 11 is 0. The van der Waals surface area contributed by atoms with Crippen molar-refractivity contribution in [2.45, 2.75) is 0 Å². The average Bonchev–Trinajstić information content (AvgIpc) is 2.33. The highest BCUT2D eigenvalue weighted by molar-refractivity contribution is 5.73. The van der Waals surface area contributed by atoms with E-state index in [9.17, 15) is 9.18 Å². The van der Waals surface area contributed by atoms with E-state index in [0.717, 1.165) is 0 Å². The summed E-state index contributed by atoms with van der Waals surface area (Å²) < 4.78 is 17.8. The molecule has 0 fully saturated rings. The van der Waals surface area contributed by atoms with E-state index in [0.29, 0.717) is 17.6 Å². The third-order valence-corrected chi connectivity index (χ3v) is 1.81. The van der Waals surface area contributed by atoms with Crippen molar-refractivity contribution in [3.8, 4) is 11.8 Å². The van der Waals surface area contributed by atoms with Gasteiger partial charge in [-0.15, -0.1) is 0 Å². The molecule has 1 heterocycles. The summed E-state index contributed by atoms with van der Waals surface area (Å²) in [6, 6.07) is 5.58. The molecule has 80 valence electrons. The minimum absolute atomic E-state index is 0.109. The minimum atomic E-state index is -0.343. The normalized spacial score (nSPS) is 9.81. The van der Waals surface area contributed by atoms with Gasteiger partial charge in [-0.05, 0) is 24.3 Å². The Kier molecular flexibility index (Phi) is 2.86. The van der Waals surface area contributed by atoms with Crippen molar-refractivity contribution < 1.29 is 13.9 Å². The number of benzene rings is 1. The molecule has 0 saturated carbocycles. The maximum absolute atomic E-state index is 12.6. The van der Waals surface area contributed by atoms with E-state index in [1.54, 1.807) is 0 Å². The van der Waals surface area contributed by atoms with Gasteiger partial charge in [-0.2, -0.15) is 0 Å². The van der Waals surface area contributed by atoms with Crippen molar-refractivity contribution >= 4 is 6.29 Å². The van der Waals surface area contributed by atoms with E-state index >= 15 is 0 Å². The molecule has 0 N–H and O–H groups in total. The number of halogens is 1. The summed E-state index contributed by atoms with van der Waals surface area (Å²) in [5.74, 6) is 0.0878. The molecule has 16 heavy (non-hydrogen) atoms. The third-order valence-electron chi connectivity index (χ3n) is 1.81. The van der Waals surface area contributed by atoms with Gasteiger partial charge in [0.05, 0.1) is 5.56 Å². The van der Waals surface area contributed by atoms with E-state index in [2.05, 4.69) is 9.97 Å². The fourth-order valence-electron chi connectivity index (χ4n) is 1.05. The van der Waals surface area contributed by atoms with Crippen molar-refractivity contribution in [1.29, 1.82) is 0 Å². The van der Waals surface area contributed by atoms with Crippen molar-refractivity contribution in [2.24, 2.45) is 0 Å². The number of carbonyl (C=O) groups excluding carboxylic acids is 1. The van der Waals surface area contributed by atoms with Crippen molar-refractivity contribution in [3.63, 3.8) is 0 Å². The molecule has 0 saturated heterocycles. The molecule has 0 aliphatic heterocycles. The second-order valence-corrected chi connectivity index (χ2v) is 2.97. The number of hydrogen-bond donors (Lipinski definition) is 0. The van der Waals surface area contributed by atoms with Crippen LogP contribution in [-0.2, 0) is 0 Å². The largest absolute Gasteiger partial charge is 0.424 e. The number of nitrogens with zero attached hydrogens (tertiary/aromatic N) is 2. The topological polar surface area (TPSA) is 52.1 Å². The number of hydrogen-bond acceptors (Lipinski definition) is 4. The number of ether oxygens (including phenoxy) is 1. The van der Waals surface area contributed by atoms with E-state index in [1.807, 2.05) is 0 Å². The summed E-state index contributed by atoms with van der Waals surface area (Å²) in [6.07, 6.45) is 3.33. The predicted octanol–water partition coefficient (Wildman–Crippen LogP) is 2.22. The van der Waals surface area contributed by atoms with Crippen LogP contribution < -0.4 is 4.74 Å². The first-order chi connectivity index (χ1) is 7.78. The Labute approximate surface area is 90.7 Å². The molecule has 0 aliphatic carbocycles. The molecule has 1 aromatic carbocycles. The third kappa shape index (κ3) is 2.38. The van der Waals surface area contributed by atoms with Crippen LogP contribution in [0.1, 0.15) is 10.4 Å². The second kappa shape index (κ2) is 4.48. The van der Waals surface area contributed by atoms with Crippen LogP contribution in [0.15, 0.2) is 36.7 Å². The monoisotopic (exact) mass is 218 g/mol. The SMILES string of the molecule is O=Cc1cnc(Oc2ccc(F)cc2)nc1. The van der Waals surface area contributed by atoms with Gasteiger partial charge >= 0.3 is 6.01 Å². The number of aromatic nitrogens is 2. The number of rotatable bonds is 3. The average molecular weight is 218 g/mol. The first kappa shape index (κ1) is 10.2. The van der Waals surface area contributed by atoms with Crippen LogP contribution in [0.25, 0.3) is 0 Å². The van der Waals surface area contributed by atoms with E-state index in [-0.39, 0.29) is 11.8 Å². The summed E-state index contributed by atoms with van der Waals surface area (Å²) in [5, 5.41) is 0. The van der Waals surface area contributed by atoms with E-state index in [1.165, 1.54) is 36.7 Å². The van der Waals surface area contributed by atoms with Gasteiger partial charge in [0.15, 0.2) is 6.29 Å². The lowest BCUT2D eigenvalue weighted by Gasteiger charge is -2.02. The quantitative estimate of drug-likeness (QED) is 0.741. The van der Waals surface area contributed by atoms with Gasteiger partial charge in [-0.25, -0.2) is 14.4 Å². The van der Waals surface area contributed by atoms with Gasteiger partial charge in [-0.1, -0.05) is 0 Å². The minimum Gasteiger partial charge on any atom is -0.424 e. The fourth-order valence-corrected chi connectivity index (χ4v) is 1.05. The number of carbonyl (C=O) groups is 1. The molecule has 0 aliphatic rings. The van der Waals surface area contributed by atoms with Crippen LogP contribution in [0.5, 0.6) is 11.8 Å². The lowest BCUT2D eigenvalue weighted by Crippen LogP contribution is -1.93. The van der Waals surface area contributed by atoms with E-state index < -0.39 is 0 Å².